The van der Waals surface area contributed by atoms with E-state index in [4.69, 9.17) is 27.1 Å². The number of unbranched alkanes of at least 4 members (excludes halogenated alkanes) is 2. The Morgan fingerprint density at radius 2 is 1.69 bits per heavy atom. The smallest absolute Gasteiger partial charge is 0.148 e. The lowest BCUT2D eigenvalue weighted by Gasteiger charge is -2.15. The molecule has 3 aromatic carbocycles. The molecule has 0 aromatic heterocycles. The Bertz CT molecular complexity index is 1240. The number of fused-ring (bicyclic) bond motifs is 1. The summed E-state index contributed by atoms with van der Waals surface area (Å²) in [5, 5.41) is 2.46. The van der Waals surface area contributed by atoms with Crippen LogP contribution in [0.1, 0.15) is 55.5 Å². The second-order valence-electron chi connectivity index (χ2n) is 8.92. The molecule has 1 heterocycles. The van der Waals surface area contributed by atoms with Crippen molar-refractivity contribution in [2.75, 3.05) is 13.2 Å². The first-order valence-electron chi connectivity index (χ1n) is 12.7. The fraction of sp³-hybridized carbons (Fsp3) is 0.355. The Kier molecular flexibility index (Phi) is 9.25. The molecule has 36 heavy (non-hydrogen) atoms. The number of ether oxygens (including phenoxy) is 3. The average molecular weight is 483 g/mol. The maximum Gasteiger partial charge on any atom is 0.148 e. The third kappa shape index (κ3) is 6.59. The SMILES string of the molecule is C#CCOc1cc(CCCCCc2c(OCC#C)ccc3ccccc23)cc(C2NNC(CC)O2)c1. The molecule has 1 fully saturated rings. The van der Waals surface area contributed by atoms with Crippen molar-refractivity contribution in [3.63, 3.8) is 0 Å². The van der Waals surface area contributed by atoms with Gasteiger partial charge in [0.05, 0.1) is 0 Å². The molecule has 5 nitrogen and oxygen atoms in total. The van der Waals surface area contributed by atoms with Crippen LogP contribution in [0.2, 0.25) is 0 Å². The van der Waals surface area contributed by atoms with Gasteiger partial charge in [0, 0.05) is 11.1 Å². The van der Waals surface area contributed by atoms with Crippen LogP contribution in [-0.4, -0.2) is 19.4 Å². The predicted octanol–water partition coefficient (Wildman–Crippen LogP) is 5.68. The lowest BCUT2D eigenvalue weighted by molar-refractivity contribution is 0.0329. The molecule has 1 saturated heterocycles. The summed E-state index contributed by atoms with van der Waals surface area (Å²) in [6, 6.07) is 18.8. The summed E-state index contributed by atoms with van der Waals surface area (Å²) in [6.45, 7) is 2.61. The van der Waals surface area contributed by atoms with Crippen LogP contribution in [0.15, 0.2) is 54.6 Å². The Balaban J connectivity index is 1.39. The van der Waals surface area contributed by atoms with Crippen LogP contribution < -0.4 is 20.3 Å². The van der Waals surface area contributed by atoms with Gasteiger partial charge in [-0.3, -0.25) is 0 Å². The van der Waals surface area contributed by atoms with E-state index in [1.165, 1.54) is 21.9 Å². The summed E-state index contributed by atoms with van der Waals surface area (Å²) in [5.41, 5.74) is 9.88. The van der Waals surface area contributed by atoms with Crippen molar-refractivity contribution in [1.82, 2.24) is 10.9 Å². The number of hydrazine groups is 1. The fourth-order valence-electron chi connectivity index (χ4n) is 4.59. The van der Waals surface area contributed by atoms with Crippen molar-refractivity contribution in [3.05, 3.63) is 71.3 Å². The van der Waals surface area contributed by atoms with Crippen molar-refractivity contribution in [2.45, 2.75) is 57.9 Å². The second kappa shape index (κ2) is 13.0. The summed E-state index contributed by atoms with van der Waals surface area (Å²) >= 11 is 0. The standard InChI is InChI=1S/C31H34N2O3/c1-4-18-34-26-21-23(20-25(22-26)31-33-32-30(6-3)36-31)12-8-7-9-15-28-27-14-11-10-13-24(27)16-17-29(28)35-19-5-2/h1-2,10-11,13-14,16-17,20-22,30-33H,6-9,12,15,18-19H2,3H3. The first kappa shape index (κ1) is 25.6. The molecule has 1 aliphatic rings. The van der Waals surface area contributed by atoms with Crippen LogP contribution in [0.4, 0.5) is 0 Å². The number of rotatable bonds is 12. The number of benzene rings is 3. The van der Waals surface area contributed by atoms with Gasteiger partial charge in [0.15, 0.2) is 0 Å². The highest BCUT2D eigenvalue weighted by atomic mass is 16.5. The quantitative estimate of drug-likeness (QED) is 0.257. The van der Waals surface area contributed by atoms with E-state index in [-0.39, 0.29) is 25.7 Å². The van der Waals surface area contributed by atoms with Gasteiger partial charge in [0.1, 0.15) is 37.2 Å². The zero-order valence-corrected chi connectivity index (χ0v) is 20.9. The lowest BCUT2D eigenvalue weighted by atomic mass is 9.97. The van der Waals surface area contributed by atoms with Gasteiger partial charge in [0.25, 0.3) is 0 Å². The Hall–Kier alpha value is -3.48. The highest BCUT2D eigenvalue weighted by molar-refractivity contribution is 5.87. The Morgan fingerprint density at radius 3 is 2.50 bits per heavy atom. The summed E-state index contributed by atoms with van der Waals surface area (Å²) in [7, 11) is 0. The van der Waals surface area contributed by atoms with Crippen LogP contribution in [0.3, 0.4) is 0 Å². The first-order valence-corrected chi connectivity index (χ1v) is 12.7. The second-order valence-corrected chi connectivity index (χ2v) is 8.92. The number of nitrogens with one attached hydrogen (secondary N) is 2. The lowest BCUT2D eigenvalue weighted by Crippen LogP contribution is -2.30. The molecule has 2 atom stereocenters. The van der Waals surface area contributed by atoms with Crippen molar-refractivity contribution in [1.29, 1.82) is 0 Å². The molecular weight excluding hydrogens is 448 g/mol. The minimum absolute atomic E-state index is 0.00250. The number of aryl methyl sites for hydroxylation is 2. The summed E-state index contributed by atoms with van der Waals surface area (Å²) in [4.78, 5) is 0. The molecule has 5 heteroatoms. The van der Waals surface area contributed by atoms with Crippen molar-refractivity contribution >= 4 is 10.8 Å². The van der Waals surface area contributed by atoms with E-state index in [0.717, 1.165) is 55.6 Å². The van der Waals surface area contributed by atoms with Crippen LogP contribution in [-0.2, 0) is 17.6 Å². The first-order chi connectivity index (χ1) is 17.7. The summed E-state index contributed by atoms with van der Waals surface area (Å²) in [5.74, 6) is 6.78. The van der Waals surface area contributed by atoms with E-state index in [2.05, 4.69) is 72.1 Å². The van der Waals surface area contributed by atoms with Gasteiger partial charge in [0.2, 0.25) is 0 Å². The van der Waals surface area contributed by atoms with Crippen molar-refractivity contribution in [2.24, 2.45) is 0 Å². The number of hydrogen-bond acceptors (Lipinski definition) is 5. The van der Waals surface area contributed by atoms with Crippen LogP contribution >= 0.6 is 0 Å². The maximum atomic E-state index is 6.04. The monoisotopic (exact) mass is 482 g/mol. The normalized spacial score (nSPS) is 17.0. The fourth-order valence-corrected chi connectivity index (χ4v) is 4.59. The molecule has 0 saturated carbocycles. The number of terminal acetylenes is 2. The van der Waals surface area contributed by atoms with Crippen LogP contribution in [0.5, 0.6) is 11.5 Å². The molecular formula is C31H34N2O3. The van der Waals surface area contributed by atoms with E-state index in [1.54, 1.807) is 0 Å². The molecule has 0 amide bonds. The molecule has 2 N–H and O–H groups in total. The molecule has 0 radical (unpaired) electrons. The van der Waals surface area contributed by atoms with Gasteiger partial charge in [-0.05, 0) is 66.6 Å². The van der Waals surface area contributed by atoms with Gasteiger partial charge < -0.3 is 14.2 Å². The molecule has 1 aliphatic heterocycles. The van der Waals surface area contributed by atoms with Crippen LogP contribution in [0, 0.1) is 24.7 Å². The number of hydrogen-bond donors (Lipinski definition) is 2. The molecule has 186 valence electrons. The maximum absolute atomic E-state index is 6.04. The Labute approximate surface area is 214 Å². The summed E-state index contributed by atoms with van der Waals surface area (Å²) < 4.78 is 17.6. The molecule has 4 rings (SSSR count). The molecule has 2 unspecified atom stereocenters. The molecule has 3 aromatic rings. The molecule has 0 aliphatic carbocycles. The van der Waals surface area contributed by atoms with E-state index in [9.17, 15) is 0 Å². The van der Waals surface area contributed by atoms with Crippen molar-refractivity contribution < 1.29 is 14.2 Å². The third-order valence-electron chi connectivity index (χ3n) is 6.36. The van der Waals surface area contributed by atoms with E-state index in [0.29, 0.717) is 0 Å². The van der Waals surface area contributed by atoms with Gasteiger partial charge in [-0.25, -0.2) is 10.9 Å². The topological polar surface area (TPSA) is 51.8 Å². The highest BCUT2D eigenvalue weighted by Gasteiger charge is 2.24. The van der Waals surface area contributed by atoms with Crippen LogP contribution in [0.25, 0.3) is 10.8 Å². The van der Waals surface area contributed by atoms with Gasteiger partial charge in [-0.1, -0.05) is 61.6 Å². The van der Waals surface area contributed by atoms with E-state index < -0.39 is 0 Å². The van der Waals surface area contributed by atoms with Gasteiger partial charge >= 0.3 is 0 Å². The zero-order chi connectivity index (χ0) is 25.2. The van der Waals surface area contributed by atoms with Gasteiger partial charge in [-0.15, -0.1) is 12.8 Å². The summed E-state index contributed by atoms with van der Waals surface area (Å²) in [6.07, 6.45) is 16.6. The average Bonchev–Trinajstić information content (AvgIpc) is 3.40. The largest absolute Gasteiger partial charge is 0.481 e. The molecule has 0 bridgehead atoms. The van der Waals surface area contributed by atoms with E-state index >= 15 is 0 Å². The zero-order valence-electron chi connectivity index (χ0n) is 20.9. The molecule has 0 spiro atoms. The van der Waals surface area contributed by atoms with E-state index in [1.807, 2.05) is 12.1 Å². The predicted molar refractivity (Wildman–Crippen MR) is 144 cm³/mol. The van der Waals surface area contributed by atoms with Crippen molar-refractivity contribution in [3.8, 4) is 36.2 Å². The van der Waals surface area contributed by atoms with Gasteiger partial charge in [-0.2, -0.15) is 0 Å². The minimum Gasteiger partial charge on any atom is -0.481 e. The third-order valence-corrected chi connectivity index (χ3v) is 6.36. The minimum atomic E-state index is -0.212. The Morgan fingerprint density at radius 1 is 0.889 bits per heavy atom. The highest BCUT2D eigenvalue weighted by Crippen LogP contribution is 2.30.